The highest BCUT2D eigenvalue weighted by atomic mass is 16.5. The van der Waals surface area contributed by atoms with Gasteiger partial charge >= 0.3 is 0 Å². The van der Waals surface area contributed by atoms with E-state index in [-0.39, 0.29) is 5.91 Å². The molecule has 2 aromatic rings. The number of rotatable bonds is 7. The van der Waals surface area contributed by atoms with Crippen molar-refractivity contribution in [3.63, 3.8) is 0 Å². The number of carbonyl (C=O) groups excluding carboxylic acids is 1. The average molecular weight is 411 g/mol. The zero-order valence-electron chi connectivity index (χ0n) is 18.0. The minimum Gasteiger partial charge on any atom is -0.497 e. The quantitative estimate of drug-likeness (QED) is 0.612. The van der Waals surface area contributed by atoms with Crippen LogP contribution in [0.1, 0.15) is 18.4 Å². The molecule has 6 heteroatoms. The summed E-state index contributed by atoms with van der Waals surface area (Å²) < 4.78 is 5.33. The third-order valence-corrected chi connectivity index (χ3v) is 6.30. The maximum Gasteiger partial charge on any atom is 0.279 e. The number of piperazine rings is 1. The maximum atomic E-state index is 12.5. The summed E-state index contributed by atoms with van der Waals surface area (Å²) in [5.41, 5.74) is 3.44. The van der Waals surface area contributed by atoms with E-state index in [1.165, 1.54) is 42.1 Å². The fraction of sp³-hybridized carbons (Fsp3) is 0.458. The Labute approximate surface area is 179 Å². The predicted octanol–water partition coefficient (Wildman–Crippen LogP) is 0.218. The zero-order chi connectivity index (χ0) is 20.8. The highest BCUT2D eigenvalue weighted by Gasteiger charge is 2.22. The number of carbonyl (C=O) groups is 1. The van der Waals surface area contributed by atoms with E-state index in [4.69, 9.17) is 4.74 Å². The van der Waals surface area contributed by atoms with Gasteiger partial charge in [0.15, 0.2) is 6.54 Å². The van der Waals surface area contributed by atoms with Crippen molar-refractivity contribution in [2.75, 3.05) is 63.1 Å². The second-order valence-corrected chi connectivity index (χ2v) is 8.49. The molecule has 0 aliphatic carbocycles. The van der Waals surface area contributed by atoms with Crippen molar-refractivity contribution in [2.24, 2.45) is 0 Å². The first kappa shape index (κ1) is 20.7. The van der Waals surface area contributed by atoms with Gasteiger partial charge in [0.2, 0.25) is 0 Å². The molecule has 4 rings (SSSR count). The molecule has 0 saturated carbocycles. The molecule has 6 nitrogen and oxygen atoms in total. The lowest BCUT2D eigenvalue weighted by Gasteiger charge is -2.33. The molecule has 2 fully saturated rings. The van der Waals surface area contributed by atoms with E-state index in [2.05, 4.69) is 34.5 Å². The predicted molar refractivity (Wildman–Crippen MR) is 119 cm³/mol. The molecule has 2 aliphatic heterocycles. The number of nitrogens with zero attached hydrogens (tertiary/aromatic N) is 1. The Hall–Kier alpha value is -2.57. The number of quaternary nitrogens is 2. The van der Waals surface area contributed by atoms with Gasteiger partial charge in [0.1, 0.15) is 12.3 Å². The number of benzene rings is 2. The van der Waals surface area contributed by atoms with E-state index in [1.807, 2.05) is 24.3 Å². The first-order valence-electron chi connectivity index (χ1n) is 11.1. The summed E-state index contributed by atoms with van der Waals surface area (Å²) in [7, 11) is 1.70. The van der Waals surface area contributed by atoms with Gasteiger partial charge in [0.25, 0.3) is 5.91 Å². The van der Waals surface area contributed by atoms with Crippen molar-refractivity contribution >= 4 is 17.3 Å². The Balaban J connectivity index is 1.22. The lowest BCUT2D eigenvalue weighted by molar-refractivity contribution is -0.901. The van der Waals surface area contributed by atoms with Gasteiger partial charge in [-0.15, -0.1) is 0 Å². The third-order valence-electron chi connectivity index (χ3n) is 6.30. The van der Waals surface area contributed by atoms with Crippen LogP contribution in [0.25, 0.3) is 0 Å². The van der Waals surface area contributed by atoms with Crippen LogP contribution in [0.3, 0.4) is 0 Å². The second kappa shape index (κ2) is 9.96. The van der Waals surface area contributed by atoms with Crippen LogP contribution in [0.4, 0.5) is 11.4 Å². The van der Waals surface area contributed by atoms with Gasteiger partial charge in [-0.1, -0.05) is 18.2 Å². The molecule has 0 spiro atoms. The molecule has 0 radical (unpaired) electrons. The van der Waals surface area contributed by atoms with Gasteiger partial charge in [0, 0.05) is 35.8 Å². The van der Waals surface area contributed by atoms with Crippen LogP contribution >= 0.6 is 0 Å². The molecule has 2 aromatic carbocycles. The molecule has 0 bridgehead atoms. The Bertz CT molecular complexity index is 825. The van der Waals surface area contributed by atoms with Gasteiger partial charge in [-0.05, 0) is 24.3 Å². The Kier molecular flexibility index (Phi) is 6.87. The molecule has 2 aliphatic rings. The average Bonchev–Trinajstić information content (AvgIpc) is 3.29. The van der Waals surface area contributed by atoms with E-state index in [0.29, 0.717) is 6.54 Å². The number of likely N-dealkylation sites (tertiary alicyclic amines) is 1. The summed E-state index contributed by atoms with van der Waals surface area (Å²) in [4.78, 5) is 17.9. The van der Waals surface area contributed by atoms with E-state index in [9.17, 15) is 4.79 Å². The number of methoxy groups -OCH3 is 1. The normalized spacial score (nSPS) is 17.8. The zero-order valence-corrected chi connectivity index (χ0v) is 18.0. The standard InChI is InChI=1S/C24H32N4O2/c1-30-23-6-4-5-22(17-23)28-15-13-27(14-16-28)19-24(29)25-21-9-7-20(8-10-21)18-26-11-2-3-12-26/h4-10,17H,2-3,11-16,18-19H2,1H3,(H,25,29)/p+2. The molecule has 0 aromatic heterocycles. The summed E-state index contributed by atoms with van der Waals surface area (Å²) in [6.45, 7) is 8.00. The monoisotopic (exact) mass is 410 g/mol. The first-order chi connectivity index (χ1) is 14.7. The van der Waals surface area contributed by atoms with Crippen molar-refractivity contribution in [1.82, 2.24) is 0 Å². The molecular formula is C24H34N4O2+2. The number of ether oxygens (including phenoxy) is 1. The fourth-order valence-electron chi connectivity index (χ4n) is 4.54. The third kappa shape index (κ3) is 5.52. The second-order valence-electron chi connectivity index (χ2n) is 8.49. The number of hydrogen-bond acceptors (Lipinski definition) is 3. The number of anilines is 2. The lowest BCUT2D eigenvalue weighted by Crippen LogP contribution is -3.15. The van der Waals surface area contributed by atoms with Crippen molar-refractivity contribution in [3.8, 4) is 5.75 Å². The van der Waals surface area contributed by atoms with Crippen LogP contribution in [0.2, 0.25) is 0 Å². The summed E-state index contributed by atoms with van der Waals surface area (Å²) >= 11 is 0. The molecule has 30 heavy (non-hydrogen) atoms. The van der Waals surface area contributed by atoms with Crippen LogP contribution < -0.4 is 24.8 Å². The molecule has 3 N–H and O–H groups in total. The topological polar surface area (TPSA) is 50.5 Å². The molecule has 0 atom stereocenters. The highest BCUT2D eigenvalue weighted by Crippen LogP contribution is 2.20. The van der Waals surface area contributed by atoms with E-state index < -0.39 is 0 Å². The molecule has 2 heterocycles. The van der Waals surface area contributed by atoms with E-state index in [1.54, 1.807) is 12.0 Å². The summed E-state index contributed by atoms with van der Waals surface area (Å²) in [6, 6.07) is 16.6. The molecule has 160 valence electrons. The van der Waals surface area contributed by atoms with Crippen molar-refractivity contribution in [1.29, 1.82) is 0 Å². The largest absolute Gasteiger partial charge is 0.497 e. The SMILES string of the molecule is COc1cccc(N2CC[NH+](CC(=O)Nc3ccc(C[NH+]4CCCC4)cc3)CC2)c1. The van der Waals surface area contributed by atoms with Crippen LogP contribution in [-0.2, 0) is 11.3 Å². The molecular weight excluding hydrogens is 376 g/mol. The number of amides is 1. The summed E-state index contributed by atoms with van der Waals surface area (Å²) in [5.74, 6) is 0.979. The van der Waals surface area contributed by atoms with Gasteiger partial charge in [0.05, 0.1) is 46.4 Å². The Morgan fingerprint density at radius 3 is 2.43 bits per heavy atom. The van der Waals surface area contributed by atoms with Gasteiger partial charge in [-0.3, -0.25) is 4.79 Å². The van der Waals surface area contributed by atoms with Gasteiger partial charge in [-0.25, -0.2) is 0 Å². The molecule has 0 unspecified atom stereocenters. The molecule has 2 saturated heterocycles. The smallest absolute Gasteiger partial charge is 0.279 e. The van der Waals surface area contributed by atoms with Crippen molar-refractivity contribution in [2.45, 2.75) is 19.4 Å². The Morgan fingerprint density at radius 2 is 1.73 bits per heavy atom. The fourth-order valence-corrected chi connectivity index (χ4v) is 4.54. The van der Waals surface area contributed by atoms with Gasteiger partial charge in [-0.2, -0.15) is 0 Å². The van der Waals surface area contributed by atoms with Crippen LogP contribution in [0, 0.1) is 0 Å². The van der Waals surface area contributed by atoms with Crippen LogP contribution in [0.5, 0.6) is 5.75 Å². The van der Waals surface area contributed by atoms with Crippen LogP contribution in [0.15, 0.2) is 48.5 Å². The number of nitrogens with one attached hydrogen (secondary N) is 3. The van der Waals surface area contributed by atoms with Crippen molar-refractivity contribution < 1.29 is 19.3 Å². The Morgan fingerprint density at radius 1 is 1.00 bits per heavy atom. The van der Waals surface area contributed by atoms with Gasteiger partial charge < -0.3 is 24.8 Å². The maximum absolute atomic E-state index is 12.5. The summed E-state index contributed by atoms with van der Waals surface area (Å²) in [5, 5.41) is 3.07. The first-order valence-corrected chi connectivity index (χ1v) is 11.1. The van der Waals surface area contributed by atoms with E-state index >= 15 is 0 Å². The van der Waals surface area contributed by atoms with Crippen LogP contribution in [-0.4, -0.2) is 58.8 Å². The van der Waals surface area contributed by atoms with E-state index in [0.717, 1.165) is 44.2 Å². The lowest BCUT2D eigenvalue weighted by atomic mass is 10.2. The minimum atomic E-state index is 0.0951. The highest BCUT2D eigenvalue weighted by molar-refractivity contribution is 5.91. The molecule has 1 amide bonds. The minimum absolute atomic E-state index is 0.0951. The number of hydrogen-bond donors (Lipinski definition) is 3. The summed E-state index contributed by atoms with van der Waals surface area (Å²) in [6.07, 6.45) is 2.69. The van der Waals surface area contributed by atoms with Crippen molar-refractivity contribution in [3.05, 3.63) is 54.1 Å².